The molecule has 0 unspecified atom stereocenters. The molecule has 0 fully saturated rings. The summed E-state index contributed by atoms with van der Waals surface area (Å²) in [7, 11) is 0. The minimum atomic E-state index is -1.07. The van der Waals surface area contributed by atoms with E-state index in [0.717, 1.165) is 40.0 Å². The van der Waals surface area contributed by atoms with Gasteiger partial charge in [-0.05, 0) is 92.2 Å². The summed E-state index contributed by atoms with van der Waals surface area (Å²) in [5.41, 5.74) is 5.66. The third-order valence-electron chi connectivity index (χ3n) is 4.92. The molecule has 0 spiro atoms. The highest BCUT2D eigenvalue weighted by Gasteiger charge is 2.18. The standard InChI is InChI=1S/C24H20ClN3O3S/c1-14-5-4-6-20(11-14)28-15(2)12-18(16(28)3)13-21(23(29)30)32-24-27-26-22(31-24)17-7-9-19(25)10-8-17/h4-13H,1-3H3,(H,29,30)/b21-13+. The third-order valence-corrected chi connectivity index (χ3v) is 6.03. The Balaban J connectivity index is 1.64. The van der Waals surface area contributed by atoms with Crippen molar-refractivity contribution in [1.82, 2.24) is 14.8 Å². The molecule has 162 valence electrons. The number of aliphatic carboxylic acids is 1. The Morgan fingerprint density at radius 1 is 1.09 bits per heavy atom. The van der Waals surface area contributed by atoms with Gasteiger partial charge in [0, 0.05) is 27.7 Å². The predicted octanol–water partition coefficient (Wildman–Crippen LogP) is 6.32. The van der Waals surface area contributed by atoms with Crippen molar-refractivity contribution in [3.05, 3.63) is 87.0 Å². The second-order valence-corrected chi connectivity index (χ2v) is 8.73. The van der Waals surface area contributed by atoms with E-state index in [1.165, 1.54) is 0 Å². The topological polar surface area (TPSA) is 81.2 Å². The molecule has 0 aliphatic rings. The van der Waals surface area contributed by atoms with Gasteiger partial charge >= 0.3 is 5.97 Å². The molecule has 0 amide bonds. The van der Waals surface area contributed by atoms with Crippen LogP contribution in [0.5, 0.6) is 0 Å². The molecule has 0 aliphatic heterocycles. The van der Waals surface area contributed by atoms with Crippen molar-refractivity contribution in [1.29, 1.82) is 0 Å². The molecule has 0 atom stereocenters. The van der Waals surface area contributed by atoms with Crippen molar-refractivity contribution < 1.29 is 14.3 Å². The first kappa shape index (κ1) is 21.9. The van der Waals surface area contributed by atoms with Gasteiger partial charge in [-0.1, -0.05) is 23.7 Å². The molecule has 4 aromatic rings. The molecule has 4 rings (SSSR count). The lowest BCUT2D eigenvalue weighted by Crippen LogP contribution is -2.00. The monoisotopic (exact) mass is 465 g/mol. The third kappa shape index (κ3) is 4.64. The van der Waals surface area contributed by atoms with Gasteiger partial charge in [-0.15, -0.1) is 10.2 Å². The smallest absolute Gasteiger partial charge is 0.342 e. The molecule has 2 heterocycles. The zero-order valence-corrected chi connectivity index (χ0v) is 19.2. The van der Waals surface area contributed by atoms with Gasteiger partial charge in [0.1, 0.15) is 4.91 Å². The molecular formula is C24H20ClN3O3S. The summed E-state index contributed by atoms with van der Waals surface area (Å²) in [6, 6.07) is 17.1. The molecule has 0 saturated heterocycles. The van der Waals surface area contributed by atoms with Crippen LogP contribution in [-0.4, -0.2) is 25.8 Å². The number of aromatic nitrogens is 3. The van der Waals surface area contributed by atoms with Gasteiger partial charge in [0.05, 0.1) is 0 Å². The number of hydrogen-bond donors (Lipinski definition) is 1. The van der Waals surface area contributed by atoms with Crippen molar-refractivity contribution in [2.24, 2.45) is 0 Å². The number of carbonyl (C=O) groups is 1. The predicted molar refractivity (Wildman–Crippen MR) is 126 cm³/mol. The number of rotatable bonds is 6. The first-order chi connectivity index (χ1) is 15.3. The SMILES string of the molecule is Cc1cccc(-n2c(C)cc(/C=C(/Sc3nnc(-c4ccc(Cl)cc4)o3)C(=O)O)c2C)c1. The maximum absolute atomic E-state index is 11.9. The van der Waals surface area contributed by atoms with Crippen molar-refractivity contribution in [2.75, 3.05) is 0 Å². The van der Waals surface area contributed by atoms with Gasteiger partial charge in [0.2, 0.25) is 5.89 Å². The van der Waals surface area contributed by atoms with Crippen LogP contribution in [0.1, 0.15) is 22.5 Å². The minimum absolute atomic E-state index is 0.0841. The quantitative estimate of drug-likeness (QED) is 0.265. The van der Waals surface area contributed by atoms with Crippen LogP contribution in [-0.2, 0) is 4.79 Å². The van der Waals surface area contributed by atoms with Crippen molar-refractivity contribution >= 4 is 35.4 Å². The summed E-state index contributed by atoms with van der Waals surface area (Å²) in [5.74, 6) is -0.770. The van der Waals surface area contributed by atoms with E-state index >= 15 is 0 Å². The Morgan fingerprint density at radius 3 is 2.53 bits per heavy atom. The highest BCUT2D eigenvalue weighted by Crippen LogP contribution is 2.32. The maximum atomic E-state index is 11.9. The van der Waals surface area contributed by atoms with Gasteiger partial charge in [-0.25, -0.2) is 4.79 Å². The number of nitrogens with zero attached hydrogens (tertiary/aromatic N) is 3. The summed E-state index contributed by atoms with van der Waals surface area (Å²) >= 11 is 6.83. The first-order valence-corrected chi connectivity index (χ1v) is 11.0. The fourth-order valence-electron chi connectivity index (χ4n) is 3.43. The summed E-state index contributed by atoms with van der Waals surface area (Å²) in [4.78, 5) is 12.0. The molecule has 0 saturated carbocycles. The van der Waals surface area contributed by atoms with Crippen molar-refractivity contribution in [3.63, 3.8) is 0 Å². The average Bonchev–Trinajstić information content (AvgIpc) is 3.32. The van der Waals surface area contributed by atoms with Crippen molar-refractivity contribution in [3.8, 4) is 17.1 Å². The largest absolute Gasteiger partial charge is 0.477 e. The lowest BCUT2D eigenvalue weighted by Gasteiger charge is -2.10. The number of carboxylic acid groups (broad SMARTS) is 1. The number of hydrogen-bond acceptors (Lipinski definition) is 5. The van der Waals surface area contributed by atoms with E-state index < -0.39 is 5.97 Å². The van der Waals surface area contributed by atoms with Crippen molar-refractivity contribution in [2.45, 2.75) is 26.0 Å². The Hall–Kier alpha value is -3.29. The van der Waals surface area contributed by atoms with Crippen LogP contribution in [0, 0.1) is 20.8 Å². The Morgan fingerprint density at radius 2 is 1.84 bits per heavy atom. The normalized spacial score (nSPS) is 11.7. The van der Waals surface area contributed by atoms with Gasteiger partial charge in [0.25, 0.3) is 5.22 Å². The second-order valence-electron chi connectivity index (χ2n) is 7.30. The van der Waals surface area contributed by atoms with Gasteiger partial charge < -0.3 is 14.1 Å². The van der Waals surface area contributed by atoms with Gasteiger partial charge in [0.15, 0.2) is 0 Å². The zero-order chi connectivity index (χ0) is 22.8. The molecule has 0 aliphatic carbocycles. The lowest BCUT2D eigenvalue weighted by atomic mass is 10.2. The maximum Gasteiger partial charge on any atom is 0.342 e. The van der Waals surface area contributed by atoms with Crippen LogP contribution in [0.15, 0.2) is 69.1 Å². The summed E-state index contributed by atoms with van der Waals surface area (Å²) in [6.07, 6.45) is 1.63. The summed E-state index contributed by atoms with van der Waals surface area (Å²) < 4.78 is 7.76. The fraction of sp³-hybridized carbons (Fsp3) is 0.125. The molecule has 0 bridgehead atoms. The van der Waals surface area contributed by atoms with Crippen LogP contribution in [0.25, 0.3) is 23.2 Å². The number of thioether (sulfide) groups is 1. The number of halogens is 1. The Kier molecular flexibility index (Phi) is 6.21. The highest BCUT2D eigenvalue weighted by atomic mass is 35.5. The van der Waals surface area contributed by atoms with Crippen LogP contribution in [0.2, 0.25) is 5.02 Å². The average molecular weight is 466 g/mol. The zero-order valence-electron chi connectivity index (χ0n) is 17.7. The number of aryl methyl sites for hydroxylation is 2. The minimum Gasteiger partial charge on any atom is -0.477 e. The number of carboxylic acids is 1. The summed E-state index contributed by atoms with van der Waals surface area (Å²) in [6.45, 7) is 6.01. The van der Waals surface area contributed by atoms with Crippen LogP contribution >= 0.6 is 23.4 Å². The lowest BCUT2D eigenvalue weighted by molar-refractivity contribution is -0.131. The Labute approximate surface area is 194 Å². The van der Waals surface area contributed by atoms with E-state index in [9.17, 15) is 9.90 Å². The van der Waals surface area contributed by atoms with Crippen LogP contribution in [0.3, 0.4) is 0 Å². The van der Waals surface area contributed by atoms with E-state index in [-0.39, 0.29) is 10.1 Å². The first-order valence-electron chi connectivity index (χ1n) is 9.80. The second kappa shape index (κ2) is 9.06. The van der Waals surface area contributed by atoms with E-state index in [1.807, 2.05) is 45.0 Å². The molecule has 2 aromatic heterocycles. The molecule has 32 heavy (non-hydrogen) atoms. The molecular weight excluding hydrogens is 446 g/mol. The van der Waals surface area contributed by atoms with E-state index in [0.29, 0.717) is 16.5 Å². The van der Waals surface area contributed by atoms with Gasteiger partial charge in [-0.3, -0.25) is 0 Å². The molecule has 6 nitrogen and oxygen atoms in total. The van der Waals surface area contributed by atoms with Gasteiger partial charge in [-0.2, -0.15) is 0 Å². The van der Waals surface area contributed by atoms with Crippen LogP contribution in [0.4, 0.5) is 0 Å². The van der Waals surface area contributed by atoms with E-state index in [2.05, 4.69) is 20.8 Å². The van der Waals surface area contributed by atoms with E-state index in [1.54, 1.807) is 30.3 Å². The van der Waals surface area contributed by atoms with E-state index in [4.69, 9.17) is 16.0 Å². The van der Waals surface area contributed by atoms with Crippen LogP contribution < -0.4 is 0 Å². The molecule has 8 heteroatoms. The number of benzene rings is 2. The molecule has 0 radical (unpaired) electrons. The fourth-order valence-corrected chi connectivity index (χ4v) is 4.22. The highest BCUT2D eigenvalue weighted by molar-refractivity contribution is 8.03. The molecule has 1 N–H and O–H groups in total. The summed E-state index contributed by atoms with van der Waals surface area (Å²) in [5, 5.41) is 18.5. The molecule has 2 aromatic carbocycles. The Bertz CT molecular complexity index is 1320.